The van der Waals surface area contributed by atoms with E-state index in [0.29, 0.717) is 22.9 Å². The lowest BCUT2D eigenvalue weighted by molar-refractivity contribution is -0.144. The third-order valence-corrected chi connectivity index (χ3v) is 6.90. The first-order valence-corrected chi connectivity index (χ1v) is 12.3. The van der Waals surface area contributed by atoms with Crippen molar-refractivity contribution < 1.29 is 24.2 Å². The van der Waals surface area contributed by atoms with Crippen LogP contribution in [0.15, 0.2) is 24.4 Å². The standard InChI is InChI=1S/C25H32N6O5/c1-25(2,3)22(31-12-17(28-29-31)14-7-8-14)24(35)30-11-16(32)9-18(30)23(34)26-10-15-5-4-6-19-21(15)27-20(33)13-36-19/h4-6,12,14,16,18,22,32H,7-11,13H2,1-3H3,(H,26,34)(H,27,33)/t16?,18?,22-/m1/s1. The zero-order valence-corrected chi connectivity index (χ0v) is 20.7. The van der Waals surface area contributed by atoms with Gasteiger partial charge in [-0.3, -0.25) is 14.4 Å². The second-order valence-electron chi connectivity index (χ2n) is 10.9. The number of β-amino-alcohol motifs (C(OH)–C–C–N with tert-alkyl or cyclic N) is 1. The quantitative estimate of drug-likeness (QED) is 0.549. The fraction of sp³-hybridized carbons (Fsp3) is 0.560. The second-order valence-corrected chi connectivity index (χ2v) is 10.9. The number of likely N-dealkylation sites (tertiary alicyclic amines) is 1. The van der Waals surface area contributed by atoms with Gasteiger partial charge in [0.25, 0.3) is 5.91 Å². The lowest BCUT2D eigenvalue weighted by atomic mass is 9.85. The Balaban J connectivity index is 1.33. The molecule has 2 aliphatic heterocycles. The van der Waals surface area contributed by atoms with Crippen LogP contribution >= 0.6 is 0 Å². The number of hydrogen-bond acceptors (Lipinski definition) is 7. The molecule has 3 atom stereocenters. The molecule has 3 amide bonds. The molecule has 3 aliphatic rings. The summed E-state index contributed by atoms with van der Waals surface area (Å²) in [6.07, 6.45) is 3.33. The molecule has 1 aromatic heterocycles. The number of hydrogen-bond donors (Lipinski definition) is 3. The molecule has 2 fully saturated rings. The number of para-hydroxylation sites is 1. The van der Waals surface area contributed by atoms with Gasteiger partial charge in [-0.05, 0) is 29.9 Å². The topological polar surface area (TPSA) is 139 Å². The Morgan fingerprint density at radius 3 is 2.81 bits per heavy atom. The molecule has 5 rings (SSSR count). The van der Waals surface area contributed by atoms with Crippen molar-refractivity contribution in [1.82, 2.24) is 25.2 Å². The van der Waals surface area contributed by atoms with Gasteiger partial charge in [-0.15, -0.1) is 5.10 Å². The first-order chi connectivity index (χ1) is 17.1. The molecule has 0 bridgehead atoms. The van der Waals surface area contributed by atoms with E-state index in [2.05, 4.69) is 20.9 Å². The number of amides is 3. The summed E-state index contributed by atoms with van der Waals surface area (Å²) in [5.41, 5.74) is 1.60. The van der Waals surface area contributed by atoms with Crippen molar-refractivity contribution in [3.8, 4) is 5.75 Å². The summed E-state index contributed by atoms with van der Waals surface area (Å²) in [7, 11) is 0. The second kappa shape index (κ2) is 9.20. The zero-order chi connectivity index (χ0) is 25.6. The van der Waals surface area contributed by atoms with Gasteiger partial charge in [0.2, 0.25) is 11.8 Å². The number of nitrogens with zero attached hydrogens (tertiary/aromatic N) is 4. The van der Waals surface area contributed by atoms with Gasteiger partial charge in [0.15, 0.2) is 6.61 Å². The fourth-order valence-electron chi connectivity index (χ4n) is 4.93. The van der Waals surface area contributed by atoms with E-state index in [9.17, 15) is 19.5 Å². The van der Waals surface area contributed by atoms with Crippen LogP contribution < -0.4 is 15.4 Å². The van der Waals surface area contributed by atoms with E-state index in [1.165, 1.54) is 4.90 Å². The number of fused-ring (bicyclic) bond motifs is 1. The molecule has 3 N–H and O–H groups in total. The van der Waals surface area contributed by atoms with Gasteiger partial charge in [-0.25, -0.2) is 4.68 Å². The van der Waals surface area contributed by atoms with Crippen molar-refractivity contribution in [2.75, 3.05) is 18.5 Å². The molecule has 1 saturated carbocycles. The van der Waals surface area contributed by atoms with Crippen molar-refractivity contribution in [2.45, 2.75) is 70.7 Å². The third kappa shape index (κ3) is 4.79. The molecule has 192 valence electrons. The highest BCUT2D eigenvalue weighted by Crippen LogP contribution is 2.40. The molecular formula is C25H32N6O5. The maximum absolute atomic E-state index is 13.8. The lowest BCUT2D eigenvalue weighted by Crippen LogP contribution is -2.50. The molecule has 11 nitrogen and oxygen atoms in total. The molecular weight excluding hydrogens is 464 g/mol. The van der Waals surface area contributed by atoms with Crippen molar-refractivity contribution in [1.29, 1.82) is 0 Å². The van der Waals surface area contributed by atoms with E-state index in [4.69, 9.17) is 4.74 Å². The summed E-state index contributed by atoms with van der Waals surface area (Å²) in [6, 6.07) is 3.83. The average Bonchev–Trinajstić information content (AvgIpc) is 3.43. The Kier molecular flexibility index (Phi) is 6.19. The smallest absolute Gasteiger partial charge is 0.262 e. The molecule has 0 radical (unpaired) electrons. The number of nitrogens with one attached hydrogen (secondary N) is 2. The van der Waals surface area contributed by atoms with Gasteiger partial charge < -0.3 is 25.4 Å². The van der Waals surface area contributed by atoms with E-state index in [-0.39, 0.29) is 43.8 Å². The number of aliphatic hydroxyl groups is 1. The van der Waals surface area contributed by atoms with Gasteiger partial charge in [0.1, 0.15) is 17.8 Å². The fourth-order valence-corrected chi connectivity index (χ4v) is 4.93. The van der Waals surface area contributed by atoms with Crippen LogP contribution in [0.2, 0.25) is 0 Å². The van der Waals surface area contributed by atoms with Gasteiger partial charge in [-0.2, -0.15) is 0 Å². The van der Waals surface area contributed by atoms with Gasteiger partial charge >= 0.3 is 0 Å². The number of ether oxygens (including phenoxy) is 1. The van der Waals surface area contributed by atoms with Crippen LogP contribution in [-0.4, -0.2) is 68.0 Å². The highest BCUT2D eigenvalue weighted by molar-refractivity contribution is 5.96. The summed E-state index contributed by atoms with van der Waals surface area (Å²) in [5.74, 6) is 0.0409. The predicted octanol–water partition coefficient (Wildman–Crippen LogP) is 1.35. The highest BCUT2D eigenvalue weighted by Gasteiger charge is 2.45. The Hall–Kier alpha value is -3.47. The minimum atomic E-state index is -0.825. The first kappa shape index (κ1) is 24.2. The zero-order valence-electron chi connectivity index (χ0n) is 20.7. The summed E-state index contributed by atoms with van der Waals surface area (Å²) in [4.78, 5) is 40.3. The Morgan fingerprint density at radius 2 is 2.08 bits per heavy atom. The van der Waals surface area contributed by atoms with E-state index in [1.54, 1.807) is 22.9 Å². The third-order valence-electron chi connectivity index (χ3n) is 6.90. The molecule has 1 aromatic carbocycles. The maximum atomic E-state index is 13.8. The van der Waals surface area contributed by atoms with Crippen LogP contribution in [0.1, 0.15) is 63.3 Å². The number of rotatable bonds is 6. The average molecular weight is 497 g/mol. The van der Waals surface area contributed by atoms with Crippen molar-refractivity contribution in [3.63, 3.8) is 0 Å². The van der Waals surface area contributed by atoms with E-state index >= 15 is 0 Å². The molecule has 2 aromatic rings. The van der Waals surface area contributed by atoms with Crippen LogP contribution in [0.5, 0.6) is 5.75 Å². The summed E-state index contributed by atoms with van der Waals surface area (Å²) >= 11 is 0. The largest absolute Gasteiger partial charge is 0.482 e. The van der Waals surface area contributed by atoms with E-state index < -0.39 is 23.6 Å². The summed E-state index contributed by atoms with van der Waals surface area (Å²) in [6.45, 7) is 6.00. The van der Waals surface area contributed by atoms with Crippen molar-refractivity contribution in [2.24, 2.45) is 5.41 Å². The van der Waals surface area contributed by atoms with E-state index in [1.807, 2.05) is 27.0 Å². The molecule has 1 aliphatic carbocycles. The van der Waals surface area contributed by atoms with Crippen LogP contribution in [0.4, 0.5) is 5.69 Å². The number of benzene rings is 1. The van der Waals surface area contributed by atoms with Gasteiger partial charge in [0, 0.05) is 31.6 Å². The van der Waals surface area contributed by atoms with Crippen molar-refractivity contribution >= 4 is 23.4 Å². The summed E-state index contributed by atoms with van der Waals surface area (Å²) in [5, 5.41) is 24.6. The van der Waals surface area contributed by atoms with E-state index in [0.717, 1.165) is 18.5 Å². The molecule has 1 saturated heterocycles. The van der Waals surface area contributed by atoms with Crippen LogP contribution in [0.25, 0.3) is 0 Å². The van der Waals surface area contributed by atoms with Crippen molar-refractivity contribution in [3.05, 3.63) is 35.7 Å². The normalized spacial score (nSPS) is 22.4. The SMILES string of the molecule is CC(C)(C)[C@@H](C(=O)N1CC(O)CC1C(=O)NCc1cccc2c1NC(=O)CO2)n1cc(C2CC2)nn1. The lowest BCUT2D eigenvalue weighted by Gasteiger charge is -2.34. The van der Waals surface area contributed by atoms with Crippen LogP contribution in [0, 0.1) is 5.41 Å². The Morgan fingerprint density at radius 1 is 1.31 bits per heavy atom. The highest BCUT2D eigenvalue weighted by atomic mass is 16.5. The minimum absolute atomic E-state index is 0.0529. The monoisotopic (exact) mass is 496 g/mol. The van der Waals surface area contributed by atoms with Gasteiger partial charge in [0.05, 0.1) is 17.5 Å². The van der Waals surface area contributed by atoms with Crippen LogP contribution in [0.3, 0.4) is 0 Å². The molecule has 36 heavy (non-hydrogen) atoms. The number of aromatic nitrogens is 3. The Bertz CT molecular complexity index is 1180. The first-order valence-electron chi connectivity index (χ1n) is 12.3. The van der Waals surface area contributed by atoms with Crippen LogP contribution in [-0.2, 0) is 20.9 Å². The number of aliphatic hydroxyl groups excluding tert-OH is 1. The number of anilines is 1. The summed E-state index contributed by atoms with van der Waals surface area (Å²) < 4.78 is 7.05. The maximum Gasteiger partial charge on any atom is 0.262 e. The number of carbonyl (C=O) groups is 3. The molecule has 11 heteroatoms. The Labute approximate surface area is 209 Å². The molecule has 3 heterocycles. The minimum Gasteiger partial charge on any atom is -0.482 e. The van der Waals surface area contributed by atoms with Gasteiger partial charge in [-0.1, -0.05) is 38.1 Å². The molecule has 0 spiro atoms. The molecule has 2 unspecified atom stereocenters. The predicted molar refractivity (Wildman–Crippen MR) is 129 cm³/mol. The number of carbonyl (C=O) groups excluding carboxylic acids is 3.